The molecule has 1 aliphatic heterocycles. The molecule has 1 aromatic carbocycles. The molecule has 7 heteroatoms. The zero-order chi connectivity index (χ0) is 19.8. The Balaban J connectivity index is 1.45. The summed E-state index contributed by atoms with van der Waals surface area (Å²) in [6.45, 7) is 9.01. The minimum absolute atomic E-state index is 0.107. The topological polar surface area (TPSA) is 92.8 Å². The first-order valence-electron chi connectivity index (χ1n) is 9.94. The normalized spacial score (nSPS) is 15.5. The lowest BCUT2D eigenvalue weighted by Crippen LogP contribution is -2.39. The van der Waals surface area contributed by atoms with E-state index in [2.05, 4.69) is 41.3 Å². The van der Waals surface area contributed by atoms with E-state index in [1.807, 2.05) is 22.7 Å². The number of benzene rings is 1. The SMILES string of the molecule is Cc1cc(C)c2[nH]c(C(=O)N3CCC(Cn4cc(CN)nn4)CC3)c(C)c2c1. The number of hydrogen-bond donors (Lipinski definition) is 2. The number of carbonyl (C=O) groups is 1. The third-order valence-corrected chi connectivity index (χ3v) is 5.86. The van der Waals surface area contributed by atoms with Gasteiger partial charge in [-0.15, -0.1) is 5.10 Å². The summed E-state index contributed by atoms with van der Waals surface area (Å²) in [5, 5.41) is 9.33. The molecule has 0 spiro atoms. The van der Waals surface area contributed by atoms with Crippen LogP contribution in [-0.4, -0.2) is 43.9 Å². The molecule has 1 saturated heterocycles. The highest BCUT2D eigenvalue weighted by Crippen LogP contribution is 2.28. The van der Waals surface area contributed by atoms with Gasteiger partial charge >= 0.3 is 0 Å². The summed E-state index contributed by atoms with van der Waals surface area (Å²) in [7, 11) is 0. The lowest BCUT2D eigenvalue weighted by atomic mass is 9.96. The van der Waals surface area contributed by atoms with E-state index >= 15 is 0 Å². The number of piperidine rings is 1. The molecule has 148 valence electrons. The Morgan fingerprint density at radius 1 is 1.25 bits per heavy atom. The van der Waals surface area contributed by atoms with Crippen LogP contribution in [-0.2, 0) is 13.1 Å². The van der Waals surface area contributed by atoms with Crippen molar-refractivity contribution in [3.05, 3.63) is 46.4 Å². The molecule has 1 aliphatic rings. The number of likely N-dealkylation sites (tertiary alicyclic amines) is 1. The maximum Gasteiger partial charge on any atom is 0.270 e. The van der Waals surface area contributed by atoms with Crippen molar-refractivity contribution in [2.24, 2.45) is 11.7 Å². The monoisotopic (exact) mass is 380 g/mol. The third kappa shape index (κ3) is 3.42. The fraction of sp³-hybridized carbons (Fsp3) is 0.476. The van der Waals surface area contributed by atoms with Crippen LogP contribution in [0.2, 0.25) is 0 Å². The first-order chi connectivity index (χ1) is 13.5. The molecule has 1 amide bonds. The van der Waals surface area contributed by atoms with E-state index in [0.29, 0.717) is 12.5 Å². The number of aromatic amines is 1. The van der Waals surface area contributed by atoms with E-state index in [9.17, 15) is 4.79 Å². The number of rotatable bonds is 4. The molecule has 0 atom stereocenters. The first-order valence-corrected chi connectivity index (χ1v) is 9.94. The van der Waals surface area contributed by atoms with Crippen LogP contribution in [0, 0.1) is 26.7 Å². The Hall–Kier alpha value is -2.67. The van der Waals surface area contributed by atoms with Crippen molar-refractivity contribution in [3.8, 4) is 0 Å². The Labute approximate surface area is 164 Å². The number of carbonyl (C=O) groups excluding carboxylic acids is 1. The molecular weight excluding hydrogens is 352 g/mol. The number of amides is 1. The predicted molar refractivity (Wildman–Crippen MR) is 109 cm³/mol. The zero-order valence-electron chi connectivity index (χ0n) is 16.8. The fourth-order valence-electron chi connectivity index (χ4n) is 4.26. The Morgan fingerprint density at radius 3 is 2.68 bits per heavy atom. The van der Waals surface area contributed by atoms with Gasteiger partial charge in [-0.05, 0) is 56.7 Å². The molecule has 0 aliphatic carbocycles. The molecular formula is C21H28N6O. The molecule has 3 aromatic rings. The molecule has 0 radical (unpaired) electrons. The number of nitrogens with two attached hydrogens (primary N) is 1. The second-order valence-electron chi connectivity index (χ2n) is 8.00. The zero-order valence-corrected chi connectivity index (χ0v) is 16.8. The standard InChI is InChI=1S/C21H28N6O/c1-13-8-14(2)19-18(9-13)15(3)20(23-19)21(28)26-6-4-16(5-7-26)11-27-12-17(10-22)24-25-27/h8-9,12,16,23H,4-7,10-11,22H2,1-3H3. The van der Waals surface area contributed by atoms with Crippen molar-refractivity contribution >= 4 is 16.8 Å². The van der Waals surface area contributed by atoms with Gasteiger partial charge < -0.3 is 15.6 Å². The second kappa shape index (κ2) is 7.39. The predicted octanol–water partition coefficient (Wildman–Crippen LogP) is 2.70. The van der Waals surface area contributed by atoms with Gasteiger partial charge in [0, 0.05) is 43.3 Å². The Morgan fingerprint density at radius 2 is 2.00 bits per heavy atom. The maximum absolute atomic E-state index is 13.1. The van der Waals surface area contributed by atoms with Crippen LogP contribution in [0.3, 0.4) is 0 Å². The lowest BCUT2D eigenvalue weighted by Gasteiger charge is -2.31. The van der Waals surface area contributed by atoms with Gasteiger partial charge in [0.05, 0.1) is 5.69 Å². The van der Waals surface area contributed by atoms with Gasteiger partial charge in [-0.2, -0.15) is 0 Å². The third-order valence-electron chi connectivity index (χ3n) is 5.86. The summed E-state index contributed by atoms with van der Waals surface area (Å²) in [5.74, 6) is 0.612. The van der Waals surface area contributed by atoms with Gasteiger partial charge in [0.2, 0.25) is 0 Å². The Bertz CT molecular complexity index is 1010. The molecule has 1 fully saturated rings. The first kappa shape index (κ1) is 18.7. The van der Waals surface area contributed by atoms with Gasteiger partial charge in [0.25, 0.3) is 5.91 Å². The van der Waals surface area contributed by atoms with E-state index in [1.165, 1.54) is 11.1 Å². The number of fused-ring (bicyclic) bond motifs is 1. The van der Waals surface area contributed by atoms with Crippen LogP contribution >= 0.6 is 0 Å². The molecule has 2 aromatic heterocycles. The summed E-state index contributed by atoms with van der Waals surface area (Å²) < 4.78 is 1.87. The van der Waals surface area contributed by atoms with E-state index < -0.39 is 0 Å². The van der Waals surface area contributed by atoms with Gasteiger partial charge in [0.15, 0.2) is 0 Å². The maximum atomic E-state index is 13.1. The quantitative estimate of drug-likeness (QED) is 0.728. The highest BCUT2D eigenvalue weighted by molar-refractivity contribution is 6.01. The number of hydrogen-bond acceptors (Lipinski definition) is 4. The van der Waals surface area contributed by atoms with Gasteiger partial charge in [-0.3, -0.25) is 9.48 Å². The van der Waals surface area contributed by atoms with Crippen molar-refractivity contribution in [1.29, 1.82) is 0 Å². The lowest BCUT2D eigenvalue weighted by molar-refractivity contribution is 0.0675. The molecule has 0 unspecified atom stereocenters. The summed E-state index contributed by atoms with van der Waals surface area (Å²) in [5.41, 5.74) is 11.7. The number of nitrogens with zero attached hydrogens (tertiary/aromatic N) is 4. The molecule has 7 nitrogen and oxygen atoms in total. The van der Waals surface area contributed by atoms with Gasteiger partial charge in [-0.25, -0.2) is 0 Å². The van der Waals surface area contributed by atoms with Crippen molar-refractivity contribution in [1.82, 2.24) is 24.9 Å². The summed E-state index contributed by atoms with van der Waals surface area (Å²) >= 11 is 0. The van der Waals surface area contributed by atoms with Gasteiger partial charge in [-0.1, -0.05) is 16.8 Å². The van der Waals surface area contributed by atoms with Crippen LogP contribution in [0.25, 0.3) is 10.9 Å². The average Bonchev–Trinajstić information content (AvgIpc) is 3.27. The van der Waals surface area contributed by atoms with Crippen LogP contribution in [0.5, 0.6) is 0 Å². The average molecular weight is 380 g/mol. The van der Waals surface area contributed by atoms with E-state index in [1.54, 1.807) is 0 Å². The molecule has 28 heavy (non-hydrogen) atoms. The minimum atomic E-state index is 0.107. The van der Waals surface area contributed by atoms with Crippen molar-refractivity contribution in [2.75, 3.05) is 13.1 Å². The van der Waals surface area contributed by atoms with Crippen LogP contribution in [0.15, 0.2) is 18.3 Å². The van der Waals surface area contributed by atoms with Crippen molar-refractivity contribution in [2.45, 2.75) is 46.7 Å². The van der Waals surface area contributed by atoms with Crippen LogP contribution < -0.4 is 5.73 Å². The van der Waals surface area contributed by atoms with E-state index in [0.717, 1.165) is 60.3 Å². The number of nitrogens with one attached hydrogen (secondary N) is 1. The summed E-state index contributed by atoms with van der Waals surface area (Å²) in [6.07, 6.45) is 3.86. The molecule has 0 saturated carbocycles. The van der Waals surface area contributed by atoms with Crippen LogP contribution in [0.1, 0.15) is 45.7 Å². The van der Waals surface area contributed by atoms with Crippen molar-refractivity contribution < 1.29 is 4.79 Å². The molecule has 3 N–H and O–H groups in total. The van der Waals surface area contributed by atoms with Crippen LogP contribution in [0.4, 0.5) is 0 Å². The number of H-pyrrole nitrogens is 1. The van der Waals surface area contributed by atoms with Gasteiger partial charge in [0.1, 0.15) is 5.69 Å². The number of aryl methyl sites for hydroxylation is 3. The molecule has 0 bridgehead atoms. The number of aromatic nitrogens is 4. The highest BCUT2D eigenvalue weighted by Gasteiger charge is 2.26. The highest BCUT2D eigenvalue weighted by atomic mass is 16.2. The van der Waals surface area contributed by atoms with E-state index in [-0.39, 0.29) is 5.91 Å². The van der Waals surface area contributed by atoms with E-state index in [4.69, 9.17) is 5.73 Å². The molecule has 3 heterocycles. The largest absolute Gasteiger partial charge is 0.350 e. The van der Waals surface area contributed by atoms with Crippen molar-refractivity contribution in [3.63, 3.8) is 0 Å². The molecule has 4 rings (SSSR count). The smallest absolute Gasteiger partial charge is 0.270 e. The summed E-state index contributed by atoms with van der Waals surface area (Å²) in [4.78, 5) is 18.5. The minimum Gasteiger partial charge on any atom is -0.350 e. The second-order valence-corrected chi connectivity index (χ2v) is 8.00. The Kier molecular flexibility index (Phi) is 4.93. The fourth-order valence-corrected chi connectivity index (χ4v) is 4.26. The summed E-state index contributed by atoms with van der Waals surface area (Å²) in [6, 6.07) is 4.31.